The maximum Gasteiger partial charge on any atom is 0.0126 e. The third-order valence-electron chi connectivity index (χ3n) is 4.70. The Kier molecular flexibility index (Phi) is 2.76. The first-order valence-electron chi connectivity index (χ1n) is 7.09. The Morgan fingerprint density at radius 1 is 0.800 bits per heavy atom. The molecule has 1 heteroatoms. The van der Waals surface area contributed by atoms with Crippen LogP contribution in [0.3, 0.4) is 0 Å². The van der Waals surface area contributed by atoms with Gasteiger partial charge in [-0.05, 0) is 69.1 Å². The van der Waals surface area contributed by atoms with Crippen LogP contribution in [0.25, 0.3) is 0 Å². The quantitative estimate of drug-likeness (QED) is 0.745. The maximum absolute atomic E-state index is 4.00. The van der Waals surface area contributed by atoms with Crippen LogP contribution >= 0.6 is 0 Å². The second-order valence-corrected chi connectivity index (χ2v) is 6.32. The number of hydrogen-bond donors (Lipinski definition) is 1. The highest BCUT2D eigenvalue weighted by atomic mass is 15.0. The van der Waals surface area contributed by atoms with Crippen LogP contribution in [0.5, 0.6) is 0 Å². The van der Waals surface area contributed by atoms with Gasteiger partial charge in [-0.3, -0.25) is 0 Å². The Balaban J connectivity index is 1.49. The van der Waals surface area contributed by atoms with Crippen LogP contribution < -0.4 is 5.32 Å². The van der Waals surface area contributed by atoms with Crippen molar-refractivity contribution in [3.05, 3.63) is 0 Å². The molecule has 0 aromatic heterocycles. The fraction of sp³-hybridized carbons (Fsp3) is 1.00. The summed E-state index contributed by atoms with van der Waals surface area (Å²) in [6.45, 7) is 2.41. The van der Waals surface area contributed by atoms with E-state index < -0.39 is 0 Å². The Labute approximate surface area is 94.0 Å². The third kappa shape index (κ3) is 2.55. The SMILES string of the molecule is CC1CCC(NC(C2CC2)C2CC2)CC1. The van der Waals surface area contributed by atoms with Gasteiger partial charge in [0.1, 0.15) is 0 Å². The van der Waals surface area contributed by atoms with Crippen LogP contribution in [0.1, 0.15) is 58.3 Å². The molecule has 3 rings (SSSR count). The first-order chi connectivity index (χ1) is 7.33. The Morgan fingerprint density at radius 3 is 1.80 bits per heavy atom. The zero-order valence-corrected chi connectivity index (χ0v) is 10.0. The largest absolute Gasteiger partial charge is 0.311 e. The molecule has 86 valence electrons. The molecule has 0 atom stereocenters. The number of hydrogen-bond acceptors (Lipinski definition) is 1. The topological polar surface area (TPSA) is 12.0 Å². The molecule has 0 unspecified atom stereocenters. The van der Waals surface area contributed by atoms with Crippen molar-refractivity contribution in [3.63, 3.8) is 0 Å². The first kappa shape index (κ1) is 10.1. The summed E-state index contributed by atoms with van der Waals surface area (Å²) in [7, 11) is 0. The fourth-order valence-corrected chi connectivity index (χ4v) is 3.27. The van der Waals surface area contributed by atoms with Crippen LogP contribution in [0.4, 0.5) is 0 Å². The van der Waals surface area contributed by atoms with Crippen molar-refractivity contribution in [2.24, 2.45) is 17.8 Å². The zero-order valence-electron chi connectivity index (χ0n) is 10.0. The lowest BCUT2D eigenvalue weighted by Crippen LogP contribution is -2.42. The molecule has 0 aromatic carbocycles. The van der Waals surface area contributed by atoms with Gasteiger partial charge in [-0.15, -0.1) is 0 Å². The average molecular weight is 207 g/mol. The minimum absolute atomic E-state index is 0.868. The molecule has 3 aliphatic carbocycles. The third-order valence-corrected chi connectivity index (χ3v) is 4.70. The molecule has 15 heavy (non-hydrogen) atoms. The van der Waals surface area contributed by atoms with Gasteiger partial charge in [-0.25, -0.2) is 0 Å². The van der Waals surface area contributed by atoms with Gasteiger partial charge >= 0.3 is 0 Å². The van der Waals surface area contributed by atoms with Crippen molar-refractivity contribution < 1.29 is 0 Å². The summed E-state index contributed by atoms with van der Waals surface area (Å²) in [5.41, 5.74) is 0. The highest BCUT2D eigenvalue weighted by molar-refractivity contribution is 4.97. The fourth-order valence-electron chi connectivity index (χ4n) is 3.27. The normalized spacial score (nSPS) is 37.2. The lowest BCUT2D eigenvalue weighted by atomic mass is 9.86. The van der Waals surface area contributed by atoms with Crippen LogP contribution in [0.2, 0.25) is 0 Å². The van der Waals surface area contributed by atoms with E-state index in [9.17, 15) is 0 Å². The Hall–Kier alpha value is -0.0400. The molecule has 0 heterocycles. The van der Waals surface area contributed by atoms with E-state index in [-0.39, 0.29) is 0 Å². The minimum atomic E-state index is 0.868. The van der Waals surface area contributed by atoms with Crippen LogP contribution in [-0.4, -0.2) is 12.1 Å². The van der Waals surface area contributed by atoms with Crippen LogP contribution in [0, 0.1) is 17.8 Å². The summed E-state index contributed by atoms with van der Waals surface area (Å²) in [4.78, 5) is 0. The van der Waals surface area contributed by atoms with Crippen molar-refractivity contribution in [1.29, 1.82) is 0 Å². The molecule has 0 aliphatic heterocycles. The lowest BCUT2D eigenvalue weighted by molar-refractivity contribution is 0.265. The van der Waals surface area contributed by atoms with E-state index in [4.69, 9.17) is 0 Å². The second kappa shape index (κ2) is 4.08. The molecule has 3 saturated carbocycles. The van der Waals surface area contributed by atoms with Gasteiger partial charge in [0.25, 0.3) is 0 Å². The van der Waals surface area contributed by atoms with E-state index in [1.54, 1.807) is 0 Å². The highest BCUT2D eigenvalue weighted by Gasteiger charge is 2.42. The summed E-state index contributed by atoms with van der Waals surface area (Å²) in [6.07, 6.45) is 11.8. The molecule has 0 amide bonds. The number of nitrogens with one attached hydrogen (secondary N) is 1. The first-order valence-corrected chi connectivity index (χ1v) is 7.09. The molecule has 0 radical (unpaired) electrons. The average Bonchev–Trinajstić information content (AvgIpc) is 3.11. The van der Waals surface area contributed by atoms with Gasteiger partial charge < -0.3 is 5.32 Å². The predicted octanol–water partition coefficient (Wildman–Crippen LogP) is 3.34. The summed E-state index contributed by atoms with van der Waals surface area (Å²) < 4.78 is 0. The standard InChI is InChI=1S/C14H25N/c1-10-2-8-13(9-3-10)15-14(11-4-5-11)12-6-7-12/h10-15H,2-9H2,1H3. The molecule has 0 saturated heterocycles. The lowest BCUT2D eigenvalue weighted by Gasteiger charge is -2.31. The van der Waals surface area contributed by atoms with Crippen molar-refractivity contribution >= 4 is 0 Å². The predicted molar refractivity (Wildman–Crippen MR) is 63.8 cm³/mol. The minimum Gasteiger partial charge on any atom is -0.311 e. The van der Waals surface area contributed by atoms with E-state index >= 15 is 0 Å². The summed E-state index contributed by atoms with van der Waals surface area (Å²) in [5.74, 6) is 3.12. The van der Waals surface area contributed by atoms with E-state index in [1.807, 2.05) is 0 Å². The van der Waals surface area contributed by atoms with Crippen molar-refractivity contribution in [2.45, 2.75) is 70.4 Å². The smallest absolute Gasteiger partial charge is 0.0126 e. The Bertz CT molecular complexity index is 197. The zero-order chi connectivity index (χ0) is 10.3. The molecular weight excluding hydrogens is 182 g/mol. The van der Waals surface area contributed by atoms with Crippen LogP contribution in [0.15, 0.2) is 0 Å². The monoisotopic (exact) mass is 207 g/mol. The van der Waals surface area contributed by atoms with Gasteiger partial charge in [-0.1, -0.05) is 6.92 Å². The molecule has 0 spiro atoms. The van der Waals surface area contributed by atoms with E-state index in [1.165, 1.54) is 51.4 Å². The second-order valence-electron chi connectivity index (χ2n) is 6.32. The summed E-state index contributed by atoms with van der Waals surface area (Å²) in [6, 6.07) is 1.79. The van der Waals surface area contributed by atoms with Crippen molar-refractivity contribution in [1.82, 2.24) is 5.32 Å². The maximum atomic E-state index is 4.00. The van der Waals surface area contributed by atoms with E-state index in [0.29, 0.717) is 0 Å². The molecule has 3 fully saturated rings. The molecular formula is C14H25N. The van der Waals surface area contributed by atoms with Gasteiger partial charge in [0.15, 0.2) is 0 Å². The Morgan fingerprint density at radius 2 is 1.33 bits per heavy atom. The van der Waals surface area contributed by atoms with E-state index in [0.717, 1.165) is 29.8 Å². The van der Waals surface area contributed by atoms with Gasteiger partial charge in [-0.2, -0.15) is 0 Å². The highest BCUT2D eigenvalue weighted by Crippen LogP contribution is 2.45. The van der Waals surface area contributed by atoms with Gasteiger partial charge in [0.2, 0.25) is 0 Å². The van der Waals surface area contributed by atoms with E-state index in [2.05, 4.69) is 12.2 Å². The molecule has 3 aliphatic rings. The summed E-state index contributed by atoms with van der Waals surface area (Å²) >= 11 is 0. The van der Waals surface area contributed by atoms with Crippen LogP contribution in [-0.2, 0) is 0 Å². The van der Waals surface area contributed by atoms with Gasteiger partial charge in [0.05, 0.1) is 0 Å². The van der Waals surface area contributed by atoms with Gasteiger partial charge in [0, 0.05) is 12.1 Å². The molecule has 1 nitrogen and oxygen atoms in total. The van der Waals surface area contributed by atoms with Crippen molar-refractivity contribution in [3.8, 4) is 0 Å². The van der Waals surface area contributed by atoms with Crippen molar-refractivity contribution in [2.75, 3.05) is 0 Å². The molecule has 1 N–H and O–H groups in total. The number of rotatable bonds is 4. The summed E-state index contributed by atoms with van der Waals surface area (Å²) in [5, 5.41) is 4.00. The molecule has 0 aromatic rings. The molecule has 0 bridgehead atoms.